The van der Waals surface area contributed by atoms with Gasteiger partial charge in [0.2, 0.25) is 0 Å². The fourth-order valence-corrected chi connectivity index (χ4v) is 1.97. The Bertz CT molecular complexity index is 597. The molecule has 0 fully saturated rings. The van der Waals surface area contributed by atoms with Crippen molar-refractivity contribution in [3.63, 3.8) is 0 Å². The minimum Gasteiger partial charge on any atom is -0.389 e. The van der Waals surface area contributed by atoms with Gasteiger partial charge < -0.3 is 11.1 Å². The van der Waals surface area contributed by atoms with Crippen molar-refractivity contribution in [2.24, 2.45) is 5.73 Å². The summed E-state index contributed by atoms with van der Waals surface area (Å²) in [7, 11) is 0. The molecule has 0 aliphatic carbocycles. The van der Waals surface area contributed by atoms with E-state index in [1.165, 1.54) is 0 Å². The molecule has 6 heteroatoms. The van der Waals surface area contributed by atoms with Crippen molar-refractivity contribution < 1.29 is 0 Å². The lowest BCUT2D eigenvalue weighted by Gasteiger charge is -2.13. The van der Waals surface area contributed by atoms with Gasteiger partial charge in [-0.25, -0.2) is 0 Å². The fourth-order valence-electron chi connectivity index (χ4n) is 1.72. The van der Waals surface area contributed by atoms with Crippen LogP contribution in [0, 0.1) is 13.8 Å². The zero-order valence-corrected chi connectivity index (χ0v) is 11.7. The number of aromatic nitrogens is 3. The maximum absolute atomic E-state index is 5.77. The second-order valence-electron chi connectivity index (χ2n) is 4.21. The molecular formula is C13H15N5S. The molecule has 0 unspecified atom stereocenters. The molecule has 5 nitrogen and oxygen atoms in total. The second kappa shape index (κ2) is 5.71. The number of anilines is 1. The molecule has 0 aromatic carbocycles. The summed E-state index contributed by atoms with van der Waals surface area (Å²) in [5.41, 5.74) is 9.42. The molecule has 2 rings (SSSR count). The van der Waals surface area contributed by atoms with Gasteiger partial charge in [0.1, 0.15) is 4.99 Å². The third-order valence-corrected chi connectivity index (χ3v) is 3.11. The quantitative estimate of drug-likeness (QED) is 0.826. The predicted molar refractivity (Wildman–Crippen MR) is 79.0 cm³/mol. The number of nitrogens with one attached hydrogen (secondary N) is 1. The smallest absolute Gasteiger partial charge is 0.159 e. The minimum atomic E-state index is 0.327. The molecular weight excluding hydrogens is 258 g/mol. The SMILES string of the molecule is Cc1nnc(NCc2ccncc2)c(C(N)=S)c1C. The van der Waals surface area contributed by atoms with E-state index in [1.54, 1.807) is 12.4 Å². The first kappa shape index (κ1) is 13.4. The number of thiocarbonyl (C=S) groups is 1. The van der Waals surface area contributed by atoms with Crippen molar-refractivity contribution in [1.82, 2.24) is 15.2 Å². The molecule has 0 aliphatic heterocycles. The van der Waals surface area contributed by atoms with Crippen LogP contribution in [0.2, 0.25) is 0 Å². The van der Waals surface area contributed by atoms with Gasteiger partial charge in [0.15, 0.2) is 5.82 Å². The number of nitrogens with zero attached hydrogens (tertiary/aromatic N) is 3. The lowest BCUT2D eigenvalue weighted by molar-refractivity contribution is 0.942. The minimum absolute atomic E-state index is 0.327. The zero-order valence-electron chi connectivity index (χ0n) is 10.8. The standard InChI is InChI=1S/C13H15N5S/c1-8-9(2)17-18-13(11(8)12(14)19)16-7-10-3-5-15-6-4-10/h3-6H,7H2,1-2H3,(H2,14,19)(H,16,18). The Balaban J connectivity index is 2.26. The van der Waals surface area contributed by atoms with E-state index >= 15 is 0 Å². The van der Waals surface area contributed by atoms with E-state index in [0.29, 0.717) is 17.4 Å². The van der Waals surface area contributed by atoms with Crippen LogP contribution in [0.15, 0.2) is 24.5 Å². The van der Waals surface area contributed by atoms with Gasteiger partial charge in [-0.2, -0.15) is 5.10 Å². The van der Waals surface area contributed by atoms with Gasteiger partial charge in [0, 0.05) is 18.9 Å². The van der Waals surface area contributed by atoms with Crippen molar-refractivity contribution in [1.29, 1.82) is 0 Å². The molecule has 2 heterocycles. The van der Waals surface area contributed by atoms with Gasteiger partial charge >= 0.3 is 0 Å². The Hall–Kier alpha value is -2.08. The largest absolute Gasteiger partial charge is 0.389 e. The topological polar surface area (TPSA) is 76.7 Å². The van der Waals surface area contributed by atoms with E-state index < -0.39 is 0 Å². The van der Waals surface area contributed by atoms with Crippen LogP contribution in [0.3, 0.4) is 0 Å². The molecule has 2 aromatic rings. The zero-order chi connectivity index (χ0) is 13.8. The highest BCUT2D eigenvalue weighted by Crippen LogP contribution is 2.18. The summed E-state index contributed by atoms with van der Waals surface area (Å²) >= 11 is 5.09. The highest BCUT2D eigenvalue weighted by atomic mass is 32.1. The van der Waals surface area contributed by atoms with Crippen molar-refractivity contribution >= 4 is 23.0 Å². The Morgan fingerprint density at radius 1 is 1.26 bits per heavy atom. The number of nitrogens with two attached hydrogens (primary N) is 1. The molecule has 0 bridgehead atoms. The summed E-state index contributed by atoms with van der Waals surface area (Å²) in [4.78, 5) is 4.30. The van der Waals surface area contributed by atoms with Crippen LogP contribution in [0.4, 0.5) is 5.82 Å². The molecule has 0 spiro atoms. The van der Waals surface area contributed by atoms with Gasteiger partial charge in [-0.3, -0.25) is 4.98 Å². The van der Waals surface area contributed by atoms with E-state index in [4.69, 9.17) is 18.0 Å². The average molecular weight is 273 g/mol. The van der Waals surface area contributed by atoms with Crippen LogP contribution in [0.5, 0.6) is 0 Å². The summed E-state index contributed by atoms with van der Waals surface area (Å²) in [6.07, 6.45) is 3.50. The number of pyridine rings is 1. The van der Waals surface area contributed by atoms with Gasteiger partial charge in [0.05, 0.1) is 11.3 Å². The predicted octanol–water partition coefficient (Wildman–Crippen LogP) is 1.73. The molecule has 0 aliphatic rings. The molecule has 0 amide bonds. The fraction of sp³-hybridized carbons (Fsp3) is 0.231. The van der Waals surface area contributed by atoms with E-state index in [9.17, 15) is 0 Å². The first-order valence-corrected chi connectivity index (χ1v) is 6.27. The summed E-state index contributed by atoms with van der Waals surface area (Å²) in [6.45, 7) is 4.45. The number of hydrogen-bond donors (Lipinski definition) is 2. The van der Waals surface area contributed by atoms with Crippen LogP contribution in [-0.2, 0) is 6.54 Å². The first-order valence-electron chi connectivity index (χ1n) is 5.86. The molecule has 2 aromatic heterocycles. The Labute approximate surface area is 117 Å². The maximum Gasteiger partial charge on any atom is 0.159 e. The summed E-state index contributed by atoms with van der Waals surface area (Å²) in [5.74, 6) is 0.618. The third kappa shape index (κ3) is 3.03. The number of hydrogen-bond acceptors (Lipinski definition) is 5. The monoisotopic (exact) mass is 273 g/mol. The van der Waals surface area contributed by atoms with Crippen molar-refractivity contribution in [3.05, 3.63) is 46.9 Å². The van der Waals surface area contributed by atoms with Gasteiger partial charge in [-0.05, 0) is 37.1 Å². The third-order valence-electron chi connectivity index (χ3n) is 2.91. The highest BCUT2D eigenvalue weighted by Gasteiger charge is 2.13. The van der Waals surface area contributed by atoms with Gasteiger partial charge in [0.25, 0.3) is 0 Å². The lowest BCUT2D eigenvalue weighted by Crippen LogP contribution is -2.18. The molecule has 0 atom stereocenters. The van der Waals surface area contributed by atoms with Crippen LogP contribution >= 0.6 is 12.2 Å². The summed E-state index contributed by atoms with van der Waals surface area (Å²) in [6, 6.07) is 3.86. The van der Waals surface area contributed by atoms with E-state index in [1.807, 2.05) is 26.0 Å². The van der Waals surface area contributed by atoms with Crippen LogP contribution in [-0.4, -0.2) is 20.2 Å². The normalized spacial score (nSPS) is 10.2. The van der Waals surface area contributed by atoms with Crippen molar-refractivity contribution in [3.8, 4) is 0 Å². The molecule has 98 valence electrons. The summed E-state index contributed by atoms with van der Waals surface area (Å²) in [5, 5.41) is 11.4. The van der Waals surface area contributed by atoms with Gasteiger partial charge in [-0.1, -0.05) is 12.2 Å². The second-order valence-corrected chi connectivity index (χ2v) is 4.65. The van der Waals surface area contributed by atoms with E-state index in [2.05, 4.69) is 20.5 Å². The van der Waals surface area contributed by atoms with E-state index in [0.717, 1.165) is 22.4 Å². The Kier molecular flexibility index (Phi) is 4.01. The summed E-state index contributed by atoms with van der Waals surface area (Å²) < 4.78 is 0. The average Bonchev–Trinajstić information content (AvgIpc) is 2.41. The molecule has 0 saturated heterocycles. The first-order chi connectivity index (χ1) is 9.09. The van der Waals surface area contributed by atoms with Crippen LogP contribution in [0.25, 0.3) is 0 Å². The van der Waals surface area contributed by atoms with Crippen molar-refractivity contribution in [2.75, 3.05) is 5.32 Å². The molecule has 0 saturated carbocycles. The molecule has 19 heavy (non-hydrogen) atoms. The molecule has 3 N–H and O–H groups in total. The van der Waals surface area contributed by atoms with E-state index in [-0.39, 0.29) is 0 Å². The van der Waals surface area contributed by atoms with Crippen LogP contribution < -0.4 is 11.1 Å². The van der Waals surface area contributed by atoms with Gasteiger partial charge in [-0.15, -0.1) is 5.10 Å². The lowest BCUT2D eigenvalue weighted by atomic mass is 10.1. The Morgan fingerprint density at radius 2 is 1.95 bits per heavy atom. The van der Waals surface area contributed by atoms with Crippen molar-refractivity contribution in [2.45, 2.75) is 20.4 Å². The van der Waals surface area contributed by atoms with Crippen LogP contribution in [0.1, 0.15) is 22.4 Å². The number of aryl methyl sites for hydroxylation is 1. The maximum atomic E-state index is 5.77. The highest BCUT2D eigenvalue weighted by molar-refractivity contribution is 7.80. The molecule has 0 radical (unpaired) electrons. The number of rotatable bonds is 4. The Morgan fingerprint density at radius 3 is 2.58 bits per heavy atom.